The normalized spacial score (nSPS) is 12.3. The van der Waals surface area contributed by atoms with E-state index in [4.69, 9.17) is 4.74 Å². The van der Waals surface area contributed by atoms with Gasteiger partial charge in [0.15, 0.2) is 0 Å². The first-order valence-corrected chi connectivity index (χ1v) is 8.34. The third kappa shape index (κ3) is 3.50. The predicted octanol–water partition coefficient (Wildman–Crippen LogP) is 5.15. The quantitative estimate of drug-likeness (QED) is 0.749. The fourth-order valence-corrected chi connectivity index (χ4v) is 3.31. The maximum absolute atomic E-state index is 5.55. The van der Waals surface area contributed by atoms with Gasteiger partial charge in [0.2, 0.25) is 0 Å². The van der Waals surface area contributed by atoms with Gasteiger partial charge in [-0.15, -0.1) is 0 Å². The van der Waals surface area contributed by atoms with E-state index in [1.807, 2.05) is 19.2 Å². The second-order valence-corrected chi connectivity index (χ2v) is 6.84. The molecule has 0 saturated heterocycles. The number of ether oxygens (including phenoxy) is 1. The van der Waals surface area contributed by atoms with Gasteiger partial charge in [-0.05, 0) is 55.8 Å². The first-order chi connectivity index (χ1) is 9.97. The number of halogens is 2. The third-order valence-corrected chi connectivity index (χ3v) is 5.00. The van der Waals surface area contributed by atoms with Crippen LogP contribution in [0.2, 0.25) is 0 Å². The highest BCUT2D eigenvalue weighted by molar-refractivity contribution is 9.10. The molecule has 0 fully saturated rings. The van der Waals surface area contributed by atoms with Crippen LogP contribution < -0.4 is 10.1 Å². The number of rotatable bonds is 4. The number of aryl methyl sites for hydroxylation is 2. The van der Waals surface area contributed by atoms with Crippen LogP contribution in [0.3, 0.4) is 0 Å². The van der Waals surface area contributed by atoms with E-state index in [9.17, 15) is 0 Å². The zero-order valence-electron chi connectivity index (χ0n) is 12.6. The van der Waals surface area contributed by atoms with E-state index in [1.165, 1.54) is 16.7 Å². The van der Waals surface area contributed by atoms with Gasteiger partial charge in [0.05, 0.1) is 13.2 Å². The Morgan fingerprint density at radius 2 is 1.71 bits per heavy atom. The summed E-state index contributed by atoms with van der Waals surface area (Å²) in [5.41, 5.74) is 4.87. The Morgan fingerprint density at radius 1 is 1.00 bits per heavy atom. The summed E-state index contributed by atoms with van der Waals surface area (Å²) >= 11 is 7.09. The monoisotopic (exact) mass is 411 g/mol. The van der Waals surface area contributed by atoms with E-state index in [1.54, 1.807) is 7.11 Å². The molecular formula is C17H19Br2NO. The molecule has 2 rings (SSSR count). The van der Waals surface area contributed by atoms with Gasteiger partial charge in [0.1, 0.15) is 5.75 Å². The second kappa shape index (κ2) is 6.95. The molecule has 0 heterocycles. The van der Waals surface area contributed by atoms with Gasteiger partial charge in [-0.1, -0.05) is 44.0 Å². The molecule has 2 aromatic carbocycles. The molecule has 4 heteroatoms. The van der Waals surface area contributed by atoms with Gasteiger partial charge in [-0.3, -0.25) is 0 Å². The van der Waals surface area contributed by atoms with Crippen molar-refractivity contribution < 1.29 is 4.74 Å². The van der Waals surface area contributed by atoms with Crippen molar-refractivity contribution in [1.29, 1.82) is 0 Å². The summed E-state index contributed by atoms with van der Waals surface area (Å²) in [6.07, 6.45) is 0. The largest absolute Gasteiger partial charge is 0.496 e. The molecule has 2 nitrogen and oxygen atoms in total. The van der Waals surface area contributed by atoms with Gasteiger partial charge in [0, 0.05) is 14.5 Å². The predicted molar refractivity (Wildman–Crippen MR) is 95.2 cm³/mol. The van der Waals surface area contributed by atoms with Gasteiger partial charge in [0.25, 0.3) is 0 Å². The minimum Gasteiger partial charge on any atom is -0.496 e. The van der Waals surface area contributed by atoms with Crippen molar-refractivity contribution in [2.24, 2.45) is 0 Å². The van der Waals surface area contributed by atoms with Crippen molar-refractivity contribution in [3.63, 3.8) is 0 Å². The molecule has 0 aliphatic heterocycles. The fraction of sp³-hybridized carbons (Fsp3) is 0.294. The first kappa shape index (κ1) is 16.5. The molecule has 0 aliphatic rings. The molecule has 0 amide bonds. The van der Waals surface area contributed by atoms with Crippen molar-refractivity contribution in [2.75, 3.05) is 14.2 Å². The Hall–Kier alpha value is -0.840. The average Bonchev–Trinajstić information content (AvgIpc) is 2.46. The number of methoxy groups -OCH3 is 1. The van der Waals surface area contributed by atoms with E-state index in [0.717, 1.165) is 20.3 Å². The molecule has 1 atom stereocenters. The first-order valence-electron chi connectivity index (χ1n) is 6.75. The van der Waals surface area contributed by atoms with Gasteiger partial charge in [-0.2, -0.15) is 0 Å². The fourth-order valence-electron chi connectivity index (χ4n) is 2.52. The van der Waals surface area contributed by atoms with Crippen molar-refractivity contribution >= 4 is 31.9 Å². The van der Waals surface area contributed by atoms with Crippen molar-refractivity contribution in [2.45, 2.75) is 19.9 Å². The Morgan fingerprint density at radius 3 is 2.33 bits per heavy atom. The molecular weight excluding hydrogens is 394 g/mol. The smallest absolute Gasteiger partial charge is 0.125 e. The standard InChI is InChI=1S/C17H19Br2NO/c1-10-8-15(19)11(2)7-14(10)17(20-3)13-6-5-12(18)9-16(13)21-4/h5-9,17,20H,1-4H3. The number of hydrogen-bond donors (Lipinski definition) is 1. The molecule has 0 saturated carbocycles. The Bertz CT molecular complexity index is 655. The maximum atomic E-state index is 5.55. The minimum atomic E-state index is 0.0971. The van der Waals surface area contributed by atoms with Crippen LogP contribution in [0.5, 0.6) is 5.75 Å². The molecule has 112 valence electrons. The van der Waals surface area contributed by atoms with Crippen LogP contribution in [0.4, 0.5) is 0 Å². The second-order valence-electron chi connectivity index (χ2n) is 5.07. The average molecular weight is 413 g/mol. The van der Waals surface area contributed by atoms with Crippen molar-refractivity contribution in [3.8, 4) is 5.75 Å². The molecule has 0 aliphatic carbocycles. The van der Waals surface area contributed by atoms with Crippen LogP contribution in [0, 0.1) is 13.8 Å². The van der Waals surface area contributed by atoms with E-state index in [0.29, 0.717) is 0 Å². The van der Waals surface area contributed by atoms with Crippen LogP contribution in [-0.2, 0) is 0 Å². The summed E-state index contributed by atoms with van der Waals surface area (Å²) in [6.45, 7) is 4.24. The molecule has 21 heavy (non-hydrogen) atoms. The molecule has 0 bridgehead atoms. The van der Waals surface area contributed by atoms with E-state index in [-0.39, 0.29) is 6.04 Å². The Kier molecular flexibility index (Phi) is 5.47. The Balaban J connectivity index is 2.57. The Labute approximate surface area is 143 Å². The van der Waals surface area contributed by atoms with Crippen LogP contribution in [0.15, 0.2) is 39.3 Å². The molecule has 1 unspecified atom stereocenters. The van der Waals surface area contributed by atoms with Gasteiger partial charge >= 0.3 is 0 Å². The number of nitrogens with one attached hydrogen (secondary N) is 1. The molecule has 0 radical (unpaired) electrons. The lowest BCUT2D eigenvalue weighted by atomic mass is 9.93. The molecule has 1 N–H and O–H groups in total. The zero-order chi connectivity index (χ0) is 15.6. The van der Waals surface area contributed by atoms with E-state index < -0.39 is 0 Å². The summed E-state index contributed by atoms with van der Waals surface area (Å²) in [4.78, 5) is 0. The van der Waals surface area contributed by atoms with Crippen LogP contribution in [0.25, 0.3) is 0 Å². The number of benzene rings is 2. The lowest BCUT2D eigenvalue weighted by Gasteiger charge is -2.22. The summed E-state index contributed by atoms with van der Waals surface area (Å²) in [5.74, 6) is 0.878. The SMILES string of the molecule is CNC(c1cc(C)c(Br)cc1C)c1ccc(Br)cc1OC. The van der Waals surface area contributed by atoms with Gasteiger partial charge < -0.3 is 10.1 Å². The summed E-state index contributed by atoms with van der Waals surface area (Å²) in [7, 11) is 3.68. The highest BCUT2D eigenvalue weighted by Gasteiger charge is 2.19. The minimum absolute atomic E-state index is 0.0971. The van der Waals surface area contributed by atoms with Crippen LogP contribution in [0.1, 0.15) is 28.3 Å². The van der Waals surface area contributed by atoms with Crippen molar-refractivity contribution in [1.82, 2.24) is 5.32 Å². The molecule has 0 aromatic heterocycles. The van der Waals surface area contributed by atoms with Crippen LogP contribution in [-0.4, -0.2) is 14.2 Å². The summed E-state index contributed by atoms with van der Waals surface area (Å²) < 4.78 is 7.70. The van der Waals surface area contributed by atoms with E-state index >= 15 is 0 Å². The van der Waals surface area contributed by atoms with Gasteiger partial charge in [-0.25, -0.2) is 0 Å². The zero-order valence-corrected chi connectivity index (χ0v) is 15.8. The lowest BCUT2D eigenvalue weighted by Crippen LogP contribution is -2.19. The molecule has 0 spiro atoms. The lowest BCUT2D eigenvalue weighted by molar-refractivity contribution is 0.405. The summed E-state index contributed by atoms with van der Waals surface area (Å²) in [5, 5.41) is 3.41. The van der Waals surface area contributed by atoms with Crippen molar-refractivity contribution in [3.05, 3.63) is 61.5 Å². The van der Waals surface area contributed by atoms with E-state index in [2.05, 4.69) is 69.2 Å². The van der Waals surface area contributed by atoms with Crippen LogP contribution >= 0.6 is 31.9 Å². The highest BCUT2D eigenvalue weighted by Crippen LogP contribution is 2.35. The third-order valence-electron chi connectivity index (χ3n) is 3.65. The topological polar surface area (TPSA) is 21.3 Å². The number of hydrogen-bond acceptors (Lipinski definition) is 2. The summed E-state index contributed by atoms with van der Waals surface area (Å²) in [6, 6.07) is 10.6. The highest BCUT2D eigenvalue weighted by atomic mass is 79.9. The maximum Gasteiger partial charge on any atom is 0.125 e. The molecule has 2 aromatic rings.